The molecular formula is C35H50N6O7. The standard InChI is InChI=1S/C35H50N6O7/c1-25-11-6-7-12-28(25)36-34(46)37-29-16-14-27(24-30(29)48-5)15-17-31(42)38(3)18-9-19-39(4)35(47)41(26(2)23-33(44)45)22-10-21-40-20-8-13-32(40)43/h6-7,11-12,14,16,24,26H,8-10,13,15,17-23H2,1-5H3,(H,44,45)(H2,36,37,46). The summed E-state index contributed by atoms with van der Waals surface area (Å²) in [7, 11) is 4.92. The monoisotopic (exact) mass is 666 g/mol. The first-order chi connectivity index (χ1) is 22.9. The van der Waals surface area contributed by atoms with Gasteiger partial charge >= 0.3 is 18.0 Å². The fourth-order valence-electron chi connectivity index (χ4n) is 5.65. The number of rotatable bonds is 17. The number of para-hydroxylation sites is 1. The van der Waals surface area contributed by atoms with Gasteiger partial charge in [-0.25, -0.2) is 9.59 Å². The van der Waals surface area contributed by atoms with E-state index < -0.39 is 18.0 Å². The molecule has 0 spiro atoms. The largest absolute Gasteiger partial charge is 0.495 e. The number of likely N-dealkylation sites (tertiary alicyclic amines) is 1. The molecule has 1 saturated heterocycles. The van der Waals surface area contributed by atoms with Gasteiger partial charge in [0.1, 0.15) is 5.75 Å². The van der Waals surface area contributed by atoms with Crippen LogP contribution in [0.1, 0.15) is 56.6 Å². The molecule has 0 aliphatic carbocycles. The van der Waals surface area contributed by atoms with Gasteiger partial charge in [0.15, 0.2) is 0 Å². The van der Waals surface area contributed by atoms with Gasteiger partial charge in [-0.3, -0.25) is 14.4 Å². The van der Waals surface area contributed by atoms with Crippen molar-refractivity contribution in [2.24, 2.45) is 0 Å². The Morgan fingerprint density at radius 1 is 0.979 bits per heavy atom. The number of nitrogens with zero attached hydrogens (tertiary/aromatic N) is 4. The highest BCUT2D eigenvalue weighted by Gasteiger charge is 2.26. The van der Waals surface area contributed by atoms with Gasteiger partial charge in [0, 0.05) is 71.4 Å². The third-order valence-corrected chi connectivity index (χ3v) is 8.52. The molecule has 6 amide bonds. The van der Waals surface area contributed by atoms with Crippen LogP contribution in [0.3, 0.4) is 0 Å². The van der Waals surface area contributed by atoms with Crippen LogP contribution in [-0.2, 0) is 20.8 Å². The normalized spacial score (nSPS) is 13.1. The summed E-state index contributed by atoms with van der Waals surface area (Å²) in [6, 6.07) is 11.7. The summed E-state index contributed by atoms with van der Waals surface area (Å²) in [6.07, 6.45) is 3.09. The Morgan fingerprint density at radius 2 is 1.69 bits per heavy atom. The number of aryl methyl sites for hydroxylation is 2. The van der Waals surface area contributed by atoms with Crippen LogP contribution in [-0.4, -0.2) is 115 Å². The predicted octanol–water partition coefficient (Wildman–Crippen LogP) is 4.66. The molecule has 0 saturated carbocycles. The van der Waals surface area contributed by atoms with E-state index in [0.717, 1.165) is 24.1 Å². The average Bonchev–Trinajstić information content (AvgIpc) is 3.46. The molecule has 2 aromatic carbocycles. The highest BCUT2D eigenvalue weighted by Crippen LogP contribution is 2.27. The van der Waals surface area contributed by atoms with Gasteiger partial charge in [-0.15, -0.1) is 0 Å². The minimum atomic E-state index is -0.981. The zero-order valence-electron chi connectivity index (χ0n) is 28.8. The van der Waals surface area contributed by atoms with Gasteiger partial charge in [-0.05, 0) is 68.9 Å². The van der Waals surface area contributed by atoms with Crippen molar-refractivity contribution in [2.45, 2.75) is 64.8 Å². The summed E-state index contributed by atoms with van der Waals surface area (Å²) < 4.78 is 5.49. The third kappa shape index (κ3) is 11.5. The predicted molar refractivity (Wildman–Crippen MR) is 184 cm³/mol. The summed E-state index contributed by atoms with van der Waals surface area (Å²) in [5.41, 5.74) is 3.04. The van der Waals surface area contributed by atoms with Crippen LogP contribution in [0.4, 0.5) is 21.0 Å². The van der Waals surface area contributed by atoms with Gasteiger partial charge in [-0.2, -0.15) is 0 Å². The van der Waals surface area contributed by atoms with E-state index in [1.54, 1.807) is 52.8 Å². The number of hydrogen-bond acceptors (Lipinski definition) is 6. The number of aliphatic carboxylic acids is 1. The smallest absolute Gasteiger partial charge is 0.323 e. The molecule has 3 rings (SSSR count). The summed E-state index contributed by atoms with van der Waals surface area (Å²) in [4.78, 5) is 68.6. The van der Waals surface area contributed by atoms with E-state index in [0.29, 0.717) is 69.0 Å². The number of ether oxygens (including phenoxy) is 1. The molecule has 1 heterocycles. The SMILES string of the molecule is COc1cc(CCC(=O)N(C)CCCN(C)C(=O)N(CCCN2CCCC2=O)C(C)CC(=O)O)ccc1NC(=O)Nc1ccccc1C. The number of amides is 6. The molecule has 13 heteroatoms. The molecule has 1 atom stereocenters. The van der Waals surface area contributed by atoms with Crippen molar-refractivity contribution >= 4 is 41.2 Å². The van der Waals surface area contributed by atoms with Crippen LogP contribution in [0.2, 0.25) is 0 Å². The first-order valence-electron chi connectivity index (χ1n) is 16.4. The van der Waals surface area contributed by atoms with E-state index in [-0.39, 0.29) is 30.7 Å². The van der Waals surface area contributed by atoms with Crippen LogP contribution < -0.4 is 15.4 Å². The first-order valence-corrected chi connectivity index (χ1v) is 16.4. The molecular weight excluding hydrogens is 616 g/mol. The van der Waals surface area contributed by atoms with E-state index in [1.807, 2.05) is 37.3 Å². The van der Waals surface area contributed by atoms with Gasteiger partial charge in [0.25, 0.3) is 0 Å². The lowest BCUT2D eigenvalue weighted by atomic mass is 10.1. The van der Waals surface area contributed by atoms with Crippen molar-refractivity contribution in [2.75, 3.05) is 64.6 Å². The summed E-state index contributed by atoms with van der Waals surface area (Å²) in [5, 5.41) is 15.0. The number of nitrogens with one attached hydrogen (secondary N) is 2. The molecule has 3 N–H and O–H groups in total. The van der Waals surface area contributed by atoms with Crippen LogP contribution in [0.15, 0.2) is 42.5 Å². The van der Waals surface area contributed by atoms with E-state index >= 15 is 0 Å². The van der Waals surface area contributed by atoms with Crippen molar-refractivity contribution in [3.8, 4) is 5.75 Å². The first kappa shape index (κ1) is 37.6. The maximum Gasteiger partial charge on any atom is 0.323 e. The zero-order chi connectivity index (χ0) is 35.2. The number of anilines is 2. The quantitative estimate of drug-likeness (QED) is 0.222. The summed E-state index contributed by atoms with van der Waals surface area (Å²) in [5.74, 6) is -0.425. The van der Waals surface area contributed by atoms with E-state index in [9.17, 15) is 29.1 Å². The third-order valence-electron chi connectivity index (χ3n) is 8.52. The van der Waals surface area contributed by atoms with Crippen molar-refractivity contribution in [1.82, 2.24) is 19.6 Å². The Labute approximate surface area is 283 Å². The molecule has 1 aliphatic heterocycles. The van der Waals surface area contributed by atoms with Crippen LogP contribution in [0.5, 0.6) is 5.75 Å². The Kier molecular flexibility index (Phi) is 14.5. The number of carboxylic acids is 1. The number of methoxy groups -OCH3 is 1. The molecule has 1 aliphatic rings. The van der Waals surface area contributed by atoms with Crippen LogP contribution in [0.25, 0.3) is 0 Å². The molecule has 13 nitrogen and oxygen atoms in total. The molecule has 1 fully saturated rings. The minimum Gasteiger partial charge on any atom is -0.495 e. The number of carbonyl (C=O) groups is 5. The Balaban J connectivity index is 1.45. The molecule has 0 bridgehead atoms. The van der Waals surface area contributed by atoms with Crippen LogP contribution in [0, 0.1) is 6.92 Å². The lowest BCUT2D eigenvalue weighted by Crippen LogP contribution is -2.48. The molecule has 0 radical (unpaired) electrons. The van der Waals surface area contributed by atoms with Gasteiger partial charge < -0.3 is 40.1 Å². The number of carboxylic acid groups (broad SMARTS) is 1. The van der Waals surface area contributed by atoms with Crippen molar-refractivity contribution in [3.63, 3.8) is 0 Å². The average molecular weight is 667 g/mol. The topological polar surface area (TPSA) is 152 Å². The molecule has 48 heavy (non-hydrogen) atoms. The second kappa shape index (κ2) is 18.5. The number of carbonyl (C=O) groups excluding carboxylic acids is 4. The maximum atomic E-state index is 13.3. The Morgan fingerprint density at radius 3 is 2.35 bits per heavy atom. The van der Waals surface area contributed by atoms with Crippen molar-refractivity contribution in [3.05, 3.63) is 53.6 Å². The summed E-state index contributed by atoms with van der Waals surface area (Å²) in [6.45, 7) is 6.07. The molecule has 1 unspecified atom stereocenters. The Bertz CT molecular complexity index is 1430. The minimum absolute atomic E-state index is 0.0454. The van der Waals surface area contributed by atoms with Gasteiger partial charge in [0.2, 0.25) is 11.8 Å². The molecule has 0 aromatic heterocycles. The molecule has 2 aromatic rings. The number of urea groups is 2. The molecule has 262 valence electrons. The fourth-order valence-corrected chi connectivity index (χ4v) is 5.65. The lowest BCUT2D eigenvalue weighted by molar-refractivity contribution is -0.138. The maximum absolute atomic E-state index is 13.3. The second-order valence-corrected chi connectivity index (χ2v) is 12.3. The van der Waals surface area contributed by atoms with Gasteiger partial charge in [0.05, 0.1) is 19.2 Å². The lowest BCUT2D eigenvalue weighted by Gasteiger charge is -2.33. The Hall–Kier alpha value is -4.81. The number of benzene rings is 2. The van der Waals surface area contributed by atoms with Gasteiger partial charge in [-0.1, -0.05) is 24.3 Å². The van der Waals surface area contributed by atoms with E-state index in [2.05, 4.69) is 10.6 Å². The van der Waals surface area contributed by atoms with Crippen LogP contribution >= 0.6 is 0 Å². The van der Waals surface area contributed by atoms with E-state index in [1.165, 1.54) is 7.11 Å². The van der Waals surface area contributed by atoms with E-state index in [4.69, 9.17) is 4.74 Å². The van der Waals surface area contributed by atoms with Crippen molar-refractivity contribution in [1.29, 1.82) is 0 Å². The highest BCUT2D eigenvalue weighted by atomic mass is 16.5. The second-order valence-electron chi connectivity index (χ2n) is 12.3. The fraction of sp³-hybridized carbons (Fsp3) is 0.514. The zero-order valence-corrected chi connectivity index (χ0v) is 28.8. The number of hydrogen-bond donors (Lipinski definition) is 3. The highest BCUT2D eigenvalue weighted by molar-refractivity contribution is 6.01. The van der Waals surface area contributed by atoms with Crippen molar-refractivity contribution < 1.29 is 33.8 Å². The summed E-state index contributed by atoms with van der Waals surface area (Å²) >= 11 is 0.